The van der Waals surface area contributed by atoms with Crippen molar-refractivity contribution in [3.63, 3.8) is 0 Å². The number of Topliss-reactive ketones (excluding diaryl/α,β-unsaturated/α-hetero) is 1. The summed E-state index contributed by atoms with van der Waals surface area (Å²) < 4.78 is 0. The zero-order chi connectivity index (χ0) is 23.4. The summed E-state index contributed by atoms with van der Waals surface area (Å²) in [7, 11) is 0. The Morgan fingerprint density at radius 2 is 1.29 bits per heavy atom. The molecule has 2 aliphatic rings. The lowest BCUT2D eigenvalue weighted by molar-refractivity contribution is -0.151. The van der Waals surface area contributed by atoms with E-state index in [1.807, 2.05) is 30.3 Å². The van der Waals surface area contributed by atoms with Crippen LogP contribution in [0.5, 0.6) is 0 Å². The molecule has 0 radical (unpaired) electrons. The Bertz CT molecular complexity index is 1020. The third kappa shape index (κ3) is 4.58. The van der Waals surface area contributed by atoms with E-state index in [-0.39, 0.29) is 17.7 Å². The van der Waals surface area contributed by atoms with Crippen molar-refractivity contribution in [1.82, 2.24) is 9.80 Å². The highest BCUT2D eigenvalue weighted by molar-refractivity contribution is 5.90. The Labute approximate surface area is 202 Å². The Kier molecular flexibility index (Phi) is 6.91. The number of nitrogens with zero attached hydrogens (tertiary/aromatic N) is 2. The first-order valence-corrected chi connectivity index (χ1v) is 12.5. The third-order valence-electron chi connectivity index (χ3n) is 7.70. The molecule has 5 rings (SSSR count). The second-order valence-electron chi connectivity index (χ2n) is 9.72. The molecule has 4 nitrogen and oxygen atoms in total. The van der Waals surface area contributed by atoms with Gasteiger partial charge in [-0.1, -0.05) is 97.4 Å². The van der Waals surface area contributed by atoms with Gasteiger partial charge in [0, 0.05) is 26.2 Å². The van der Waals surface area contributed by atoms with Crippen molar-refractivity contribution in [2.45, 2.75) is 30.9 Å². The lowest BCUT2D eigenvalue weighted by Gasteiger charge is -2.43. The second-order valence-corrected chi connectivity index (χ2v) is 9.72. The van der Waals surface area contributed by atoms with Crippen LogP contribution in [0.3, 0.4) is 0 Å². The molecule has 1 N–H and O–H groups in total. The van der Waals surface area contributed by atoms with Gasteiger partial charge < -0.3 is 5.11 Å². The molecule has 34 heavy (non-hydrogen) atoms. The average molecular weight is 455 g/mol. The zero-order valence-corrected chi connectivity index (χ0v) is 19.7. The molecule has 0 amide bonds. The van der Waals surface area contributed by atoms with Crippen molar-refractivity contribution in [2.24, 2.45) is 5.92 Å². The topological polar surface area (TPSA) is 43.8 Å². The molecule has 1 aliphatic carbocycles. The number of rotatable bonds is 8. The van der Waals surface area contributed by atoms with Crippen LogP contribution in [-0.2, 0) is 10.4 Å². The third-order valence-corrected chi connectivity index (χ3v) is 7.70. The minimum absolute atomic E-state index is 0.0317. The quantitative estimate of drug-likeness (QED) is 0.538. The fourth-order valence-electron chi connectivity index (χ4n) is 5.53. The first kappa shape index (κ1) is 23.0. The van der Waals surface area contributed by atoms with E-state index >= 15 is 0 Å². The maximum atomic E-state index is 13.5. The zero-order valence-electron chi connectivity index (χ0n) is 19.7. The lowest BCUT2D eigenvalue weighted by atomic mass is 9.67. The van der Waals surface area contributed by atoms with E-state index in [2.05, 4.69) is 70.5 Å². The fraction of sp³-hybridized carbons (Fsp3) is 0.367. The standard InChI is InChI=1S/C30H34N2O2/c33-28(30(34,27-17-10-18-27)26-15-8-3-9-16-26)23-31-19-21-32(22-20-31)29(24-11-4-1-5-12-24)25-13-6-2-7-14-25/h1-9,11-16,27,29,34H,10,17-23H2. The minimum atomic E-state index is -1.37. The van der Waals surface area contributed by atoms with Gasteiger partial charge in [0.1, 0.15) is 0 Å². The van der Waals surface area contributed by atoms with Gasteiger partial charge in [-0.15, -0.1) is 0 Å². The SMILES string of the molecule is O=C(CN1CCN(C(c2ccccc2)c2ccccc2)CC1)C(O)(c1ccccc1)C1CCC1. The molecule has 3 aromatic carbocycles. The van der Waals surface area contributed by atoms with Crippen LogP contribution in [-0.4, -0.2) is 53.4 Å². The number of hydrogen-bond donors (Lipinski definition) is 1. The molecule has 0 bridgehead atoms. The molecule has 1 saturated heterocycles. The van der Waals surface area contributed by atoms with Crippen LogP contribution in [0.15, 0.2) is 91.0 Å². The van der Waals surface area contributed by atoms with E-state index in [1.165, 1.54) is 11.1 Å². The van der Waals surface area contributed by atoms with E-state index in [4.69, 9.17) is 0 Å². The van der Waals surface area contributed by atoms with Gasteiger partial charge in [0.25, 0.3) is 0 Å². The number of carbonyl (C=O) groups is 1. The van der Waals surface area contributed by atoms with Crippen LogP contribution in [0.1, 0.15) is 42.0 Å². The molecule has 1 atom stereocenters. The summed E-state index contributed by atoms with van der Waals surface area (Å²) in [5, 5.41) is 11.7. The average Bonchev–Trinajstić information content (AvgIpc) is 2.86. The number of piperazine rings is 1. The summed E-state index contributed by atoms with van der Waals surface area (Å²) >= 11 is 0. The monoisotopic (exact) mass is 454 g/mol. The van der Waals surface area contributed by atoms with E-state index in [0.717, 1.165) is 51.0 Å². The Balaban J connectivity index is 1.28. The molecule has 176 valence electrons. The Hall–Kier alpha value is -2.79. The molecule has 1 unspecified atom stereocenters. The lowest BCUT2D eigenvalue weighted by Crippen LogP contribution is -2.54. The summed E-state index contributed by atoms with van der Waals surface area (Å²) in [5.41, 5.74) is 1.97. The summed E-state index contributed by atoms with van der Waals surface area (Å²) in [4.78, 5) is 18.3. The van der Waals surface area contributed by atoms with Crippen LogP contribution >= 0.6 is 0 Å². The molecular weight excluding hydrogens is 420 g/mol. The largest absolute Gasteiger partial charge is 0.377 e. The Morgan fingerprint density at radius 1 is 0.794 bits per heavy atom. The highest BCUT2D eigenvalue weighted by Crippen LogP contribution is 2.43. The van der Waals surface area contributed by atoms with Crippen molar-refractivity contribution < 1.29 is 9.90 Å². The normalized spacial score (nSPS) is 19.5. The van der Waals surface area contributed by atoms with Gasteiger partial charge in [0.15, 0.2) is 11.4 Å². The first-order chi connectivity index (χ1) is 16.7. The van der Waals surface area contributed by atoms with Gasteiger partial charge >= 0.3 is 0 Å². The summed E-state index contributed by atoms with van der Waals surface area (Å²) in [5.74, 6) is -0.0243. The van der Waals surface area contributed by atoms with Gasteiger partial charge in [-0.2, -0.15) is 0 Å². The summed E-state index contributed by atoms with van der Waals surface area (Å²) in [6.45, 7) is 3.70. The van der Waals surface area contributed by atoms with Gasteiger partial charge in [-0.3, -0.25) is 14.6 Å². The predicted molar refractivity (Wildman–Crippen MR) is 135 cm³/mol. The van der Waals surface area contributed by atoms with Crippen molar-refractivity contribution in [2.75, 3.05) is 32.7 Å². The van der Waals surface area contributed by atoms with Crippen LogP contribution in [0.4, 0.5) is 0 Å². The first-order valence-electron chi connectivity index (χ1n) is 12.5. The predicted octanol–water partition coefficient (Wildman–Crippen LogP) is 4.65. The summed E-state index contributed by atoms with van der Waals surface area (Å²) in [6.07, 6.45) is 2.92. The number of ketones is 1. The highest BCUT2D eigenvalue weighted by Gasteiger charge is 2.47. The number of carbonyl (C=O) groups excluding carboxylic acids is 1. The molecule has 1 saturated carbocycles. The maximum absolute atomic E-state index is 13.5. The van der Waals surface area contributed by atoms with Crippen molar-refractivity contribution in [1.29, 1.82) is 0 Å². The van der Waals surface area contributed by atoms with Crippen molar-refractivity contribution >= 4 is 5.78 Å². The van der Waals surface area contributed by atoms with Crippen molar-refractivity contribution in [3.05, 3.63) is 108 Å². The van der Waals surface area contributed by atoms with Gasteiger partial charge in [0.05, 0.1) is 12.6 Å². The smallest absolute Gasteiger partial charge is 0.183 e. The van der Waals surface area contributed by atoms with Crippen LogP contribution in [0, 0.1) is 5.92 Å². The summed E-state index contributed by atoms with van der Waals surface area (Å²) in [6, 6.07) is 31.1. The van der Waals surface area contributed by atoms with Gasteiger partial charge in [-0.25, -0.2) is 0 Å². The Morgan fingerprint density at radius 3 is 1.76 bits per heavy atom. The van der Waals surface area contributed by atoms with Gasteiger partial charge in [0.2, 0.25) is 0 Å². The number of benzene rings is 3. The molecule has 0 aromatic heterocycles. The van der Waals surface area contributed by atoms with Crippen LogP contribution < -0.4 is 0 Å². The fourth-order valence-corrected chi connectivity index (χ4v) is 5.53. The van der Waals surface area contributed by atoms with Gasteiger partial charge in [-0.05, 0) is 35.4 Å². The molecule has 4 heteroatoms. The van der Waals surface area contributed by atoms with Crippen LogP contribution in [0.2, 0.25) is 0 Å². The number of aliphatic hydroxyl groups is 1. The van der Waals surface area contributed by atoms with E-state index < -0.39 is 5.60 Å². The number of hydrogen-bond acceptors (Lipinski definition) is 4. The second kappa shape index (κ2) is 10.2. The van der Waals surface area contributed by atoms with E-state index in [1.54, 1.807) is 0 Å². The molecule has 2 fully saturated rings. The molecule has 0 spiro atoms. The molecule has 1 heterocycles. The van der Waals surface area contributed by atoms with Crippen LogP contribution in [0.25, 0.3) is 0 Å². The maximum Gasteiger partial charge on any atom is 0.183 e. The van der Waals surface area contributed by atoms with E-state index in [9.17, 15) is 9.90 Å². The highest BCUT2D eigenvalue weighted by atomic mass is 16.3. The minimum Gasteiger partial charge on any atom is -0.377 e. The molecule has 3 aromatic rings. The molecular formula is C30H34N2O2. The van der Waals surface area contributed by atoms with E-state index in [0.29, 0.717) is 6.54 Å². The molecule has 1 aliphatic heterocycles. The van der Waals surface area contributed by atoms with Crippen molar-refractivity contribution in [3.8, 4) is 0 Å².